The quantitative estimate of drug-likeness (QED) is 0.669. The van der Waals surface area contributed by atoms with Crippen LogP contribution in [-0.4, -0.2) is 55.2 Å². The number of aliphatic hydroxyl groups excluding tert-OH is 2. The molecular weight excluding hydrogens is 340 g/mol. The van der Waals surface area contributed by atoms with Gasteiger partial charge in [0.1, 0.15) is 42.4 Å². The number of carbonyl (C=O) groups excluding carboxylic acids is 1. The first kappa shape index (κ1) is 18.6. The minimum Gasteiger partial charge on any atom is -0.462 e. The van der Waals surface area contributed by atoms with Crippen LogP contribution in [0, 0.1) is 5.41 Å². The molecule has 9 nitrogen and oxygen atoms in total. The Bertz CT molecular complexity index is 830. The first-order valence-corrected chi connectivity index (χ1v) is 8.34. The lowest BCUT2D eigenvalue weighted by molar-refractivity contribution is -0.167. The van der Waals surface area contributed by atoms with E-state index in [4.69, 9.17) is 15.2 Å². The lowest BCUT2D eigenvalue weighted by atomic mass is 9.95. The van der Waals surface area contributed by atoms with Gasteiger partial charge in [-0.3, -0.25) is 4.79 Å². The van der Waals surface area contributed by atoms with E-state index in [-0.39, 0.29) is 6.61 Å². The predicted octanol–water partition coefficient (Wildman–Crippen LogP) is 0.453. The average Bonchev–Trinajstić information content (AvgIpc) is 3.08. The van der Waals surface area contributed by atoms with Crippen molar-refractivity contribution < 1.29 is 24.5 Å². The van der Waals surface area contributed by atoms with Crippen LogP contribution in [0.15, 0.2) is 18.5 Å². The predicted molar refractivity (Wildman–Crippen MR) is 92.1 cm³/mol. The summed E-state index contributed by atoms with van der Waals surface area (Å²) < 4.78 is 12.7. The van der Waals surface area contributed by atoms with Crippen LogP contribution in [0.5, 0.6) is 0 Å². The number of nitrogens with zero attached hydrogens (tertiary/aromatic N) is 3. The molecule has 1 saturated heterocycles. The number of nitrogen functional groups attached to an aromatic ring is 1. The fourth-order valence-electron chi connectivity index (χ4n) is 2.92. The summed E-state index contributed by atoms with van der Waals surface area (Å²) >= 11 is 0. The Morgan fingerprint density at radius 2 is 2.12 bits per heavy atom. The van der Waals surface area contributed by atoms with Crippen LogP contribution in [0.2, 0.25) is 0 Å². The Morgan fingerprint density at radius 3 is 2.77 bits per heavy atom. The molecule has 0 aliphatic carbocycles. The van der Waals surface area contributed by atoms with E-state index in [1.54, 1.807) is 39.8 Å². The first-order chi connectivity index (χ1) is 12.0. The van der Waals surface area contributed by atoms with E-state index < -0.39 is 35.3 Å². The molecule has 0 saturated carbocycles. The number of esters is 1. The van der Waals surface area contributed by atoms with Crippen LogP contribution < -0.4 is 5.73 Å². The number of ether oxygens (including phenoxy) is 2. The van der Waals surface area contributed by atoms with E-state index in [1.165, 1.54) is 10.8 Å². The van der Waals surface area contributed by atoms with E-state index in [0.717, 1.165) is 0 Å². The molecule has 142 valence electrons. The van der Waals surface area contributed by atoms with Gasteiger partial charge in [-0.2, -0.15) is 5.10 Å². The van der Waals surface area contributed by atoms with E-state index in [9.17, 15) is 15.0 Å². The molecule has 2 aromatic rings. The summed E-state index contributed by atoms with van der Waals surface area (Å²) in [7, 11) is 0. The smallest absolute Gasteiger partial charge is 0.311 e. The van der Waals surface area contributed by atoms with Crippen molar-refractivity contribution in [2.45, 2.75) is 51.6 Å². The Hall–Kier alpha value is -2.23. The van der Waals surface area contributed by atoms with Crippen molar-refractivity contribution in [1.82, 2.24) is 14.6 Å². The van der Waals surface area contributed by atoms with Gasteiger partial charge in [-0.05, 0) is 39.8 Å². The molecule has 9 heteroatoms. The number of rotatable bonds is 3. The molecule has 1 aliphatic rings. The van der Waals surface area contributed by atoms with Crippen molar-refractivity contribution in [3.05, 3.63) is 24.2 Å². The molecule has 2 aromatic heterocycles. The number of aliphatic hydroxyl groups is 2. The third-order valence-corrected chi connectivity index (χ3v) is 4.56. The number of carbonyl (C=O) groups is 1. The summed E-state index contributed by atoms with van der Waals surface area (Å²) in [5, 5.41) is 25.1. The third-order valence-electron chi connectivity index (χ3n) is 4.56. The minimum atomic E-state index is -1.26. The van der Waals surface area contributed by atoms with Gasteiger partial charge in [-0.25, -0.2) is 9.50 Å². The maximum Gasteiger partial charge on any atom is 0.311 e. The van der Waals surface area contributed by atoms with Crippen LogP contribution in [0.1, 0.15) is 39.5 Å². The lowest BCUT2D eigenvalue weighted by Crippen LogP contribution is -2.45. The van der Waals surface area contributed by atoms with Gasteiger partial charge in [-0.15, -0.1) is 0 Å². The molecule has 0 spiro atoms. The highest BCUT2D eigenvalue weighted by molar-refractivity contribution is 5.75. The second kappa shape index (κ2) is 6.19. The van der Waals surface area contributed by atoms with Crippen molar-refractivity contribution in [2.75, 3.05) is 12.3 Å². The van der Waals surface area contributed by atoms with Gasteiger partial charge >= 0.3 is 5.97 Å². The molecule has 0 bridgehead atoms. The van der Waals surface area contributed by atoms with Crippen molar-refractivity contribution in [1.29, 1.82) is 0 Å². The largest absolute Gasteiger partial charge is 0.462 e. The summed E-state index contributed by atoms with van der Waals surface area (Å²) in [5.41, 5.74) is 4.98. The monoisotopic (exact) mass is 364 g/mol. The van der Waals surface area contributed by atoms with Gasteiger partial charge in [0.05, 0.1) is 11.1 Å². The molecule has 1 aliphatic heterocycles. The van der Waals surface area contributed by atoms with E-state index in [0.29, 0.717) is 17.0 Å². The molecule has 26 heavy (non-hydrogen) atoms. The highest BCUT2D eigenvalue weighted by atomic mass is 16.6. The maximum absolute atomic E-state index is 12.0. The van der Waals surface area contributed by atoms with E-state index in [2.05, 4.69) is 10.1 Å². The molecule has 0 amide bonds. The molecule has 0 unspecified atom stereocenters. The first-order valence-electron chi connectivity index (χ1n) is 8.34. The molecular formula is C17H24N4O5. The minimum absolute atomic E-state index is 0.182. The zero-order valence-electron chi connectivity index (χ0n) is 15.2. The van der Waals surface area contributed by atoms with Crippen molar-refractivity contribution in [3.8, 4) is 0 Å². The summed E-state index contributed by atoms with van der Waals surface area (Å²) in [5.74, 6) is -0.123. The number of anilines is 1. The van der Waals surface area contributed by atoms with Gasteiger partial charge < -0.3 is 25.4 Å². The van der Waals surface area contributed by atoms with E-state index >= 15 is 0 Å². The fraction of sp³-hybridized carbons (Fsp3) is 0.588. The SMILES string of the molecule is CC(C)(C)C(=O)OC[C@@]1(C)O[C@@H](c2ccc3c(N)ncnn23)[C@H](O)[C@@H]1O. The summed E-state index contributed by atoms with van der Waals surface area (Å²) in [4.78, 5) is 15.9. The highest BCUT2D eigenvalue weighted by Crippen LogP contribution is 2.41. The lowest BCUT2D eigenvalue weighted by Gasteiger charge is -2.28. The molecule has 4 N–H and O–H groups in total. The molecule has 0 radical (unpaired) electrons. The Kier molecular flexibility index (Phi) is 4.41. The van der Waals surface area contributed by atoms with Crippen molar-refractivity contribution in [3.63, 3.8) is 0 Å². The third kappa shape index (κ3) is 3.02. The topological polar surface area (TPSA) is 132 Å². The Morgan fingerprint density at radius 1 is 1.42 bits per heavy atom. The van der Waals surface area contributed by atoms with Gasteiger partial charge in [-0.1, -0.05) is 0 Å². The molecule has 4 atom stereocenters. The van der Waals surface area contributed by atoms with Crippen LogP contribution >= 0.6 is 0 Å². The fourth-order valence-corrected chi connectivity index (χ4v) is 2.92. The Balaban J connectivity index is 1.85. The van der Waals surface area contributed by atoms with Crippen LogP contribution in [0.25, 0.3) is 5.52 Å². The van der Waals surface area contributed by atoms with Gasteiger partial charge in [0.2, 0.25) is 0 Å². The summed E-state index contributed by atoms with van der Waals surface area (Å²) in [6, 6.07) is 3.41. The van der Waals surface area contributed by atoms with Crippen molar-refractivity contribution >= 4 is 17.3 Å². The van der Waals surface area contributed by atoms with Crippen LogP contribution in [0.3, 0.4) is 0 Å². The summed E-state index contributed by atoms with van der Waals surface area (Å²) in [6.45, 7) is 6.61. The zero-order chi connectivity index (χ0) is 19.3. The molecule has 1 fully saturated rings. The number of hydrogen-bond donors (Lipinski definition) is 3. The van der Waals surface area contributed by atoms with Crippen LogP contribution in [0.4, 0.5) is 5.82 Å². The second-order valence-corrected chi connectivity index (χ2v) is 7.81. The Labute approximate surface area is 150 Å². The van der Waals surface area contributed by atoms with Crippen molar-refractivity contribution in [2.24, 2.45) is 5.41 Å². The normalized spacial score (nSPS) is 29.2. The zero-order valence-corrected chi connectivity index (χ0v) is 15.2. The van der Waals surface area contributed by atoms with Gasteiger partial charge in [0.15, 0.2) is 5.82 Å². The van der Waals surface area contributed by atoms with E-state index in [1.807, 2.05) is 0 Å². The number of hydrogen-bond acceptors (Lipinski definition) is 8. The number of aromatic nitrogens is 3. The highest BCUT2D eigenvalue weighted by Gasteiger charge is 2.53. The molecule has 3 heterocycles. The molecule has 3 rings (SSSR count). The molecule has 0 aromatic carbocycles. The standard InChI is InChI=1S/C17H24N4O5/c1-16(2,3)15(24)25-7-17(4)13(23)11(22)12(26-17)9-5-6-10-14(18)19-8-20-21(9)10/h5-6,8,11-13,22-23H,7H2,1-4H3,(H2,18,19,20)/t11-,12-,13-,17+/m0/s1. The number of fused-ring (bicyclic) bond motifs is 1. The average molecular weight is 364 g/mol. The second-order valence-electron chi connectivity index (χ2n) is 7.81. The number of nitrogens with two attached hydrogens (primary N) is 1. The van der Waals surface area contributed by atoms with Gasteiger partial charge in [0.25, 0.3) is 0 Å². The summed E-state index contributed by atoms with van der Waals surface area (Å²) in [6.07, 6.45) is -2.03. The van der Waals surface area contributed by atoms with Crippen LogP contribution in [-0.2, 0) is 14.3 Å². The van der Waals surface area contributed by atoms with Gasteiger partial charge in [0, 0.05) is 0 Å². The maximum atomic E-state index is 12.0.